The molecule has 0 fully saturated rings. The number of nitrogens with zero attached hydrogens (tertiary/aromatic N) is 4. The van der Waals surface area contributed by atoms with Crippen molar-refractivity contribution in [2.75, 3.05) is 0 Å². The van der Waals surface area contributed by atoms with Crippen LogP contribution in [-0.2, 0) is 10.3 Å². The number of rotatable bonds is 2. The van der Waals surface area contributed by atoms with E-state index in [0.717, 1.165) is 0 Å². The van der Waals surface area contributed by atoms with Gasteiger partial charge in [-0.3, -0.25) is 4.79 Å². The van der Waals surface area contributed by atoms with Crippen molar-refractivity contribution in [1.29, 1.82) is 0 Å². The maximum Gasteiger partial charge on any atom is 0.328 e. The van der Waals surface area contributed by atoms with E-state index in [2.05, 4.69) is 15.4 Å². The molecule has 0 aromatic carbocycles. The molecule has 0 amide bonds. The predicted molar refractivity (Wildman–Crippen MR) is 47.4 cm³/mol. The molecule has 0 aliphatic carbocycles. The van der Waals surface area contributed by atoms with Gasteiger partial charge in [0.15, 0.2) is 6.04 Å². The van der Waals surface area contributed by atoms with Gasteiger partial charge in [-0.2, -0.15) is 4.80 Å². The molecule has 1 heterocycles. The third-order valence-corrected chi connectivity index (χ3v) is 1.57. The summed E-state index contributed by atoms with van der Waals surface area (Å²) in [5.41, 5.74) is 4.99. The average Bonchev–Trinajstić information content (AvgIpc) is 2.49. The lowest BCUT2D eigenvalue weighted by molar-refractivity contribution is -0.138. The van der Waals surface area contributed by atoms with Gasteiger partial charge >= 0.3 is 5.97 Å². The Morgan fingerprint density at radius 1 is 1.57 bits per heavy atom. The first-order valence-electron chi connectivity index (χ1n) is 4.11. The van der Waals surface area contributed by atoms with Crippen molar-refractivity contribution in [3.05, 3.63) is 5.82 Å². The summed E-state index contributed by atoms with van der Waals surface area (Å²) < 4.78 is 0. The number of carboxylic acids is 1. The highest BCUT2D eigenvalue weighted by Crippen LogP contribution is 2.11. The number of aromatic nitrogens is 4. The van der Waals surface area contributed by atoms with E-state index in [-0.39, 0.29) is 11.4 Å². The normalized spacial score (nSPS) is 14.0. The minimum Gasteiger partial charge on any atom is -0.480 e. The zero-order chi connectivity index (χ0) is 10.9. The minimum absolute atomic E-state index is 0.0208. The highest BCUT2D eigenvalue weighted by Gasteiger charge is 2.23. The number of carbonyl (C=O) groups is 1. The fourth-order valence-electron chi connectivity index (χ4n) is 0.744. The Morgan fingerprint density at radius 3 is 2.50 bits per heavy atom. The number of nitrogens with two attached hydrogens (primary N) is 1. The van der Waals surface area contributed by atoms with Gasteiger partial charge in [-0.25, -0.2) is 0 Å². The Labute approximate surface area is 80.9 Å². The average molecular weight is 199 g/mol. The first kappa shape index (κ1) is 10.6. The molecule has 0 saturated carbocycles. The van der Waals surface area contributed by atoms with Crippen LogP contribution in [0.4, 0.5) is 0 Å². The van der Waals surface area contributed by atoms with Crippen molar-refractivity contribution in [3.8, 4) is 0 Å². The van der Waals surface area contributed by atoms with E-state index >= 15 is 0 Å². The SMILES string of the molecule is CC(C)(C)n1nnc(C(N)C(=O)O)n1. The summed E-state index contributed by atoms with van der Waals surface area (Å²) >= 11 is 0. The molecule has 78 valence electrons. The summed E-state index contributed by atoms with van der Waals surface area (Å²) in [6.45, 7) is 5.64. The fourth-order valence-corrected chi connectivity index (χ4v) is 0.744. The van der Waals surface area contributed by atoms with Crippen LogP contribution < -0.4 is 5.73 Å². The van der Waals surface area contributed by atoms with Crippen LogP contribution in [0.5, 0.6) is 0 Å². The molecule has 14 heavy (non-hydrogen) atoms. The Bertz CT molecular complexity index is 340. The van der Waals surface area contributed by atoms with E-state index in [1.165, 1.54) is 4.80 Å². The van der Waals surface area contributed by atoms with Crippen molar-refractivity contribution < 1.29 is 9.90 Å². The number of tetrazole rings is 1. The number of carboxylic acid groups (broad SMARTS) is 1. The van der Waals surface area contributed by atoms with Crippen molar-refractivity contribution in [1.82, 2.24) is 20.2 Å². The summed E-state index contributed by atoms with van der Waals surface area (Å²) in [5.74, 6) is -1.15. The molecule has 0 radical (unpaired) electrons. The number of hydrogen-bond donors (Lipinski definition) is 2. The van der Waals surface area contributed by atoms with E-state index in [9.17, 15) is 4.79 Å². The molecule has 1 aromatic heterocycles. The Morgan fingerprint density at radius 2 is 2.14 bits per heavy atom. The second kappa shape index (κ2) is 3.33. The highest BCUT2D eigenvalue weighted by atomic mass is 16.4. The van der Waals surface area contributed by atoms with Gasteiger partial charge in [0.1, 0.15) is 0 Å². The molecule has 7 nitrogen and oxygen atoms in total. The largest absolute Gasteiger partial charge is 0.480 e. The van der Waals surface area contributed by atoms with Crippen LogP contribution in [-0.4, -0.2) is 31.3 Å². The topological polar surface area (TPSA) is 107 Å². The lowest BCUT2D eigenvalue weighted by atomic mass is 10.1. The van der Waals surface area contributed by atoms with Crippen LogP contribution in [0.3, 0.4) is 0 Å². The summed E-state index contributed by atoms with van der Waals surface area (Å²) in [6, 6.07) is -1.22. The third kappa shape index (κ3) is 2.05. The molecule has 1 rings (SSSR count). The van der Waals surface area contributed by atoms with Gasteiger partial charge < -0.3 is 10.8 Å². The first-order valence-corrected chi connectivity index (χ1v) is 4.11. The second-order valence-electron chi connectivity index (χ2n) is 3.92. The van der Waals surface area contributed by atoms with E-state index < -0.39 is 12.0 Å². The van der Waals surface area contributed by atoms with E-state index in [1.807, 2.05) is 20.8 Å². The standard InChI is InChI=1S/C7H13N5O2/c1-7(2,3)12-10-5(9-11-12)4(8)6(13)14/h4H,8H2,1-3H3,(H,13,14). The summed E-state index contributed by atoms with van der Waals surface area (Å²) in [6.07, 6.45) is 0. The molecule has 1 unspecified atom stereocenters. The first-order chi connectivity index (χ1) is 6.32. The van der Waals surface area contributed by atoms with Crippen LogP contribution in [0.25, 0.3) is 0 Å². The molecular formula is C7H13N5O2. The maximum absolute atomic E-state index is 10.5. The van der Waals surface area contributed by atoms with Crippen molar-refractivity contribution in [2.24, 2.45) is 5.73 Å². The fraction of sp³-hybridized carbons (Fsp3) is 0.714. The molecule has 0 aliphatic heterocycles. The minimum atomic E-state index is -1.22. The van der Waals surface area contributed by atoms with Crippen molar-refractivity contribution in [3.63, 3.8) is 0 Å². The van der Waals surface area contributed by atoms with Crippen LogP contribution in [0.2, 0.25) is 0 Å². The molecule has 1 atom stereocenters. The highest BCUT2D eigenvalue weighted by molar-refractivity contribution is 5.73. The quantitative estimate of drug-likeness (QED) is 0.665. The molecule has 0 saturated heterocycles. The van der Waals surface area contributed by atoms with Gasteiger partial charge in [0, 0.05) is 0 Å². The monoisotopic (exact) mass is 199 g/mol. The zero-order valence-corrected chi connectivity index (χ0v) is 8.30. The Kier molecular flexibility index (Phi) is 2.52. The van der Waals surface area contributed by atoms with Gasteiger partial charge in [-0.05, 0) is 26.0 Å². The molecular weight excluding hydrogens is 186 g/mol. The van der Waals surface area contributed by atoms with Gasteiger partial charge in [-0.1, -0.05) is 0 Å². The molecule has 0 aliphatic rings. The molecule has 0 spiro atoms. The zero-order valence-electron chi connectivity index (χ0n) is 8.30. The maximum atomic E-state index is 10.5. The number of aliphatic carboxylic acids is 1. The second-order valence-corrected chi connectivity index (χ2v) is 3.92. The van der Waals surface area contributed by atoms with E-state index in [1.54, 1.807) is 0 Å². The third-order valence-electron chi connectivity index (χ3n) is 1.57. The summed E-state index contributed by atoms with van der Waals surface area (Å²) in [5, 5.41) is 19.8. The number of hydrogen-bond acceptors (Lipinski definition) is 5. The smallest absolute Gasteiger partial charge is 0.328 e. The van der Waals surface area contributed by atoms with Crippen molar-refractivity contribution >= 4 is 5.97 Å². The van der Waals surface area contributed by atoms with Gasteiger partial charge in [-0.15, -0.1) is 10.2 Å². The summed E-state index contributed by atoms with van der Waals surface area (Å²) in [7, 11) is 0. The van der Waals surface area contributed by atoms with Gasteiger partial charge in [0.25, 0.3) is 0 Å². The van der Waals surface area contributed by atoms with Crippen LogP contribution in [0, 0.1) is 0 Å². The Balaban J connectivity index is 2.94. The lowest BCUT2D eigenvalue weighted by Crippen LogP contribution is -2.26. The predicted octanol–water partition coefficient (Wildman–Crippen LogP) is -0.487. The van der Waals surface area contributed by atoms with Crippen LogP contribution in [0.15, 0.2) is 0 Å². The van der Waals surface area contributed by atoms with E-state index in [0.29, 0.717) is 0 Å². The lowest BCUT2D eigenvalue weighted by Gasteiger charge is -2.15. The van der Waals surface area contributed by atoms with E-state index in [4.69, 9.17) is 10.8 Å². The van der Waals surface area contributed by atoms with Gasteiger partial charge in [0.05, 0.1) is 5.54 Å². The van der Waals surface area contributed by atoms with Crippen molar-refractivity contribution in [2.45, 2.75) is 32.4 Å². The molecule has 7 heteroatoms. The molecule has 1 aromatic rings. The molecule has 0 bridgehead atoms. The Hall–Kier alpha value is -1.50. The van der Waals surface area contributed by atoms with Gasteiger partial charge in [0.2, 0.25) is 5.82 Å². The van der Waals surface area contributed by atoms with Crippen LogP contribution in [0.1, 0.15) is 32.6 Å². The summed E-state index contributed by atoms with van der Waals surface area (Å²) in [4.78, 5) is 11.9. The molecule has 3 N–H and O–H groups in total. The van der Waals surface area contributed by atoms with Crippen LogP contribution >= 0.6 is 0 Å².